The summed E-state index contributed by atoms with van der Waals surface area (Å²) in [4.78, 5) is 35.1. The van der Waals surface area contributed by atoms with E-state index in [0.29, 0.717) is 0 Å². The molecule has 0 aliphatic heterocycles. The number of unbranched alkanes of at least 4 members (excludes halogenated alkanes) is 28. The van der Waals surface area contributed by atoms with E-state index in [0.717, 1.165) is 51.4 Å². The third-order valence-corrected chi connectivity index (χ3v) is 40.8. The van der Waals surface area contributed by atoms with Crippen LogP contribution in [0.5, 0.6) is 0 Å². The highest BCUT2D eigenvalue weighted by Crippen LogP contribution is 2.56. The molecule has 658 valence electrons. The first-order valence-corrected chi connectivity index (χ1v) is 58.5. The lowest BCUT2D eigenvalue weighted by Crippen LogP contribution is -1.87. The summed E-state index contributed by atoms with van der Waals surface area (Å²) in [6.45, 7) is 18.8. The van der Waals surface area contributed by atoms with Crippen molar-refractivity contribution < 1.29 is 0 Å². The summed E-state index contributed by atoms with van der Waals surface area (Å²) in [6, 6.07) is 63.2. The largest absolute Gasteiger partial charge is 0.134 e. The third kappa shape index (κ3) is 25.7. The molecule has 0 spiro atoms. The summed E-state index contributed by atoms with van der Waals surface area (Å²) in [7, 11) is 0. The predicted octanol–water partition coefficient (Wildman–Crippen LogP) is 42.6. The van der Waals surface area contributed by atoms with Crippen molar-refractivity contribution in [1.82, 2.24) is 0 Å². The molecule has 0 N–H and O–H groups in total. The first kappa shape index (κ1) is 94.9. The molecule has 0 nitrogen and oxygen atoms in total. The van der Waals surface area contributed by atoms with E-state index in [9.17, 15) is 0 Å². The van der Waals surface area contributed by atoms with Crippen LogP contribution < -0.4 is 0 Å². The normalized spacial score (nSPS) is 11.8. The molecule has 14 rings (SSSR count). The van der Waals surface area contributed by atoms with Gasteiger partial charge in [-0.15, -0.1) is 136 Å². The Balaban J connectivity index is 0.763. The van der Waals surface area contributed by atoms with Crippen molar-refractivity contribution in [1.29, 1.82) is 0 Å². The SMILES string of the molecule is CCCCCCCCCCc1cc(-c2ccccc2)sc1-c1cc(CCCCCC)c(-c2ccc(-c3ccc(-c4sc(-c5cc(CCCCCC)c(-c6cc(CCCCCC)c(-c7cc(CCCCCC)c(-c8ccc(-c9ccc(-c%10sc(-c%11sc(-c%12ccccc%12)cc%11CCCCCC)cc%10CCCCCC)s9)s8)s7)s6)s5)cc4CCCCCC)s3)s2)s1. The lowest BCUT2D eigenvalue weighted by Gasteiger charge is -2.03. The van der Waals surface area contributed by atoms with Gasteiger partial charge in [-0.05, 0) is 255 Å². The minimum Gasteiger partial charge on any atom is -0.134 e. The van der Waals surface area contributed by atoms with Crippen LogP contribution in [0.2, 0.25) is 0 Å². The molecule has 124 heavy (non-hydrogen) atoms. The fraction of sp³-hybridized carbons (Fsp3) is 0.464. The Morgan fingerprint density at radius 1 is 0.137 bits per heavy atom. The number of rotatable bonds is 57. The van der Waals surface area contributed by atoms with Crippen molar-refractivity contribution in [3.8, 4) is 128 Å². The maximum absolute atomic E-state index is 2.70. The summed E-state index contributed by atoms with van der Waals surface area (Å²) in [5.41, 5.74) is 15.1. The maximum Gasteiger partial charge on any atom is 0.0481 e. The van der Waals surface area contributed by atoms with Crippen LogP contribution in [-0.2, 0) is 51.4 Å². The number of thiophene rings is 12. The number of hydrogen-bond acceptors (Lipinski definition) is 12. The number of benzene rings is 2. The van der Waals surface area contributed by atoms with Gasteiger partial charge >= 0.3 is 0 Å². The zero-order valence-electron chi connectivity index (χ0n) is 76.0. The quantitative estimate of drug-likeness (QED) is 0.0333. The maximum atomic E-state index is 2.70. The Hall–Kier alpha value is -5.16. The van der Waals surface area contributed by atoms with Crippen LogP contribution in [0, 0.1) is 0 Å². The predicted molar refractivity (Wildman–Crippen MR) is 573 cm³/mol. The van der Waals surface area contributed by atoms with Gasteiger partial charge in [-0.2, -0.15) is 0 Å². The van der Waals surface area contributed by atoms with Crippen LogP contribution in [0.3, 0.4) is 0 Å². The second-order valence-corrected chi connectivity index (χ2v) is 47.8. The smallest absolute Gasteiger partial charge is 0.0481 e. The van der Waals surface area contributed by atoms with Crippen molar-refractivity contribution in [3.63, 3.8) is 0 Å². The van der Waals surface area contributed by atoms with E-state index in [1.165, 1.54) is 359 Å². The lowest BCUT2D eigenvalue weighted by molar-refractivity contribution is 0.576. The third-order valence-electron chi connectivity index (χ3n) is 24.9. The Morgan fingerprint density at radius 3 is 0.524 bits per heavy atom. The highest BCUT2D eigenvalue weighted by atomic mass is 32.1. The molecule has 0 aliphatic rings. The zero-order valence-corrected chi connectivity index (χ0v) is 85.8. The van der Waals surface area contributed by atoms with Crippen molar-refractivity contribution in [2.45, 2.75) is 338 Å². The van der Waals surface area contributed by atoms with Gasteiger partial charge in [0.1, 0.15) is 0 Å². The van der Waals surface area contributed by atoms with E-state index in [2.05, 4.69) is 281 Å². The molecule has 0 atom stereocenters. The summed E-state index contributed by atoms with van der Waals surface area (Å²) in [5.74, 6) is 0. The molecule has 0 aliphatic carbocycles. The lowest BCUT2D eigenvalue weighted by atomic mass is 10.0. The molecular weight excluding hydrogens is 1730 g/mol. The molecule has 0 saturated carbocycles. The van der Waals surface area contributed by atoms with E-state index < -0.39 is 0 Å². The molecule has 12 heterocycles. The summed E-state index contributed by atoms with van der Waals surface area (Å²) >= 11 is 24.8. The van der Waals surface area contributed by atoms with Gasteiger partial charge in [0.15, 0.2) is 0 Å². The van der Waals surface area contributed by atoms with Crippen molar-refractivity contribution in [2.75, 3.05) is 0 Å². The van der Waals surface area contributed by atoms with Crippen LogP contribution in [0.15, 0.2) is 158 Å². The minimum atomic E-state index is 1.13. The van der Waals surface area contributed by atoms with Crippen LogP contribution in [0.4, 0.5) is 0 Å². The average molecular weight is 1870 g/mol. The Bertz CT molecular complexity index is 5440. The van der Waals surface area contributed by atoms with Gasteiger partial charge in [-0.3, -0.25) is 0 Å². The zero-order chi connectivity index (χ0) is 85.6. The number of aryl methyl sites for hydroxylation is 8. The minimum absolute atomic E-state index is 1.13. The molecule has 0 saturated heterocycles. The fourth-order valence-electron chi connectivity index (χ4n) is 17.8. The highest BCUT2D eigenvalue weighted by Gasteiger charge is 2.28. The first-order valence-electron chi connectivity index (χ1n) is 48.7. The van der Waals surface area contributed by atoms with Crippen molar-refractivity contribution in [3.05, 3.63) is 202 Å². The van der Waals surface area contributed by atoms with Gasteiger partial charge in [-0.1, -0.05) is 296 Å². The first-order chi connectivity index (χ1) is 61.2. The van der Waals surface area contributed by atoms with E-state index in [4.69, 9.17) is 0 Å². The molecule has 2 aromatic carbocycles. The molecule has 0 unspecified atom stereocenters. The second-order valence-electron chi connectivity index (χ2n) is 35.0. The van der Waals surface area contributed by atoms with Gasteiger partial charge in [0.25, 0.3) is 0 Å². The molecule has 0 bridgehead atoms. The topological polar surface area (TPSA) is 0 Å². The molecule has 12 heteroatoms. The molecule has 12 aromatic heterocycles. The molecule has 0 amide bonds. The molecule has 0 radical (unpaired) electrons. The van der Waals surface area contributed by atoms with Gasteiger partial charge in [0.05, 0.1) is 0 Å². The highest BCUT2D eigenvalue weighted by molar-refractivity contribution is 7.33. The Kier molecular flexibility index (Phi) is 38.5. The summed E-state index contributed by atoms with van der Waals surface area (Å²) in [5, 5.41) is 0. The van der Waals surface area contributed by atoms with E-state index in [-0.39, 0.29) is 0 Å². The second kappa shape index (κ2) is 50.3. The fourth-order valence-corrected chi connectivity index (χ4v) is 32.9. The standard InChI is InChI=1S/C112H138S12/c1-9-17-25-33-34-35-36-46-62-82-72-98(80-53-49-38-50-54-80)118-110(82)102-76-86(59-43-30-22-14-6)107(122-102)94-68-64-90(114-94)89-63-67-93(113-89)105-83(56-40-27-19-11-3)73-99(119-105)100-74-84(57-41-28-20-12-4)111(120-100)103-78-88(61-45-32-24-16-8)112(124-103)104-77-87(60-44-31-23-15-7)108(123-104)96-70-66-92(116-96)91-65-69-95(115-91)106-85(58-42-29-21-13-5)75-101(121-106)109-81(55-39-26-18-10-2)71-97(117-109)79-51-47-37-48-52-79/h37-38,47-54,63-78H,9-36,39-46,55-62H2,1-8H3. The van der Waals surface area contributed by atoms with Gasteiger partial charge in [-0.25, -0.2) is 0 Å². The Morgan fingerprint density at radius 2 is 0.298 bits per heavy atom. The van der Waals surface area contributed by atoms with Gasteiger partial charge < -0.3 is 0 Å². The average Bonchev–Trinajstić information content (AvgIpc) is 1.61. The molecule has 14 aromatic rings. The summed E-state index contributed by atoms with van der Waals surface area (Å²) < 4.78 is 0. The van der Waals surface area contributed by atoms with Crippen LogP contribution >= 0.6 is 136 Å². The Labute approximate surface area is 796 Å². The van der Waals surface area contributed by atoms with Crippen molar-refractivity contribution in [2.24, 2.45) is 0 Å². The van der Waals surface area contributed by atoms with Gasteiger partial charge in [0, 0.05) is 117 Å². The van der Waals surface area contributed by atoms with E-state index in [1.54, 1.807) is 44.5 Å². The van der Waals surface area contributed by atoms with Crippen LogP contribution in [-0.4, -0.2) is 0 Å². The molecule has 0 fully saturated rings. The number of hydrogen-bond donors (Lipinski definition) is 0. The van der Waals surface area contributed by atoms with E-state index >= 15 is 0 Å². The van der Waals surface area contributed by atoms with E-state index in [1.807, 2.05) is 68.0 Å². The summed E-state index contributed by atoms with van der Waals surface area (Å²) in [6.07, 6.45) is 55.7. The van der Waals surface area contributed by atoms with Gasteiger partial charge in [0.2, 0.25) is 0 Å². The van der Waals surface area contributed by atoms with Crippen LogP contribution in [0.25, 0.3) is 128 Å². The van der Waals surface area contributed by atoms with Crippen LogP contribution in [0.1, 0.15) is 331 Å². The molecular formula is C112H138S12. The van der Waals surface area contributed by atoms with Crippen molar-refractivity contribution >= 4 is 136 Å². The monoisotopic (exact) mass is 1870 g/mol.